The highest BCUT2D eigenvalue weighted by molar-refractivity contribution is 5.99. The second kappa shape index (κ2) is 7.14. The molecule has 0 atom stereocenters. The zero-order valence-electron chi connectivity index (χ0n) is 11.6. The highest BCUT2D eigenvalue weighted by atomic mass is 16.2. The molecule has 0 spiro atoms. The van der Waals surface area contributed by atoms with Crippen molar-refractivity contribution in [2.45, 2.75) is 19.8 Å². The Morgan fingerprint density at radius 2 is 2.05 bits per heavy atom. The van der Waals surface area contributed by atoms with Crippen LogP contribution in [0, 0.1) is 0 Å². The zero-order chi connectivity index (χ0) is 13.5. The van der Waals surface area contributed by atoms with Gasteiger partial charge in [0.05, 0.1) is 5.56 Å². The first-order valence-corrected chi connectivity index (χ1v) is 7.16. The van der Waals surface area contributed by atoms with Crippen molar-refractivity contribution in [1.29, 1.82) is 0 Å². The van der Waals surface area contributed by atoms with E-state index >= 15 is 0 Å². The summed E-state index contributed by atoms with van der Waals surface area (Å²) in [5.41, 5.74) is 1.75. The van der Waals surface area contributed by atoms with E-state index in [-0.39, 0.29) is 5.91 Å². The van der Waals surface area contributed by atoms with E-state index in [1.54, 1.807) is 0 Å². The number of hydrogen-bond acceptors (Lipinski definition) is 3. The molecule has 0 unspecified atom stereocenters. The fourth-order valence-electron chi connectivity index (χ4n) is 2.26. The Morgan fingerprint density at radius 3 is 2.79 bits per heavy atom. The monoisotopic (exact) mass is 261 g/mol. The summed E-state index contributed by atoms with van der Waals surface area (Å²) in [6.07, 6.45) is 2.27. The summed E-state index contributed by atoms with van der Waals surface area (Å²) in [6.45, 7) is 6.44. The van der Waals surface area contributed by atoms with E-state index in [0.29, 0.717) is 0 Å². The van der Waals surface area contributed by atoms with E-state index in [4.69, 9.17) is 0 Å². The fourth-order valence-corrected chi connectivity index (χ4v) is 2.26. The Balaban J connectivity index is 2.07. The number of nitrogens with one attached hydrogen (secondary N) is 2. The number of carbonyl (C=O) groups is 1. The summed E-state index contributed by atoms with van der Waals surface area (Å²) in [6, 6.07) is 7.81. The van der Waals surface area contributed by atoms with Crippen molar-refractivity contribution in [2.75, 3.05) is 38.0 Å². The van der Waals surface area contributed by atoms with E-state index in [1.165, 1.54) is 0 Å². The molecule has 2 N–H and O–H groups in total. The van der Waals surface area contributed by atoms with Gasteiger partial charge in [0.15, 0.2) is 0 Å². The molecule has 1 aliphatic rings. The van der Waals surface area contributed by atoms with Gasteiger partial charge in [0.25, 0.3) is 5.91 Å². The second-order valence-electron chi connectivity index (χ2n) is 4.87. The number of benzene rings is 1. The smallest absolute Gasteiger partial charge is 0.256 e. The molecule has 1 fully saturated rings. The molecule has 0 saturated carbocycles. The predicted molar refractivity (Wildman–Crippen MR) is 78.6 cm³/mol. The predicted octanol–water partition coefficient (Wildman–Crippen LogP) is 1.94. The highest BCUT2D eigenvalue weighted by Gasteiger charge is 2.19. The molecule has 4 heteroatoms. The largest absolute Gasteiger partial charge is 0.384 e. The molecule has 2 rings (SSSR count). The molecule has 1 aromatic rings. The van der Waals surface area contributed by atoms with Crippen molar-refractivity contribution in [3.63, 3.8) is 0 Å². The quantitative estimate of drug-likeness (QED) is 0.796. The maximum absolute atomic E-state index is 12.5. The van der Waals surface area contributed by atoms with E-state index in [1.807, 2.05) is 29.2 Å². The lowest BCUT2D eigenvalue weighted by Crippen LogP contribution is -2.46. The van der Waals surface area contributed by atoms with Gasteiger partial charge in [-0.3, -0.25) is 4.79 Å². The number of hydrogen-bond donors (Lipinski definition) is 2. The van der Waals surface area contributed by atoms with Crippen molar-refractivity contribution in [3.8, 4) is 0 Å². The number of amides is 1. The summed E-state index contributed by atoms with van der Waals surface area (Å²) in [4.78, 5) is 14.4. The van der Waals surface area contributed by atoms with E-state index < -0.39 is 0 Å². The lowest BCUT2D eigenvalue weighted by Gasteiger charge is -2.28. The third-order valence-electron chi connectivity index (χ3n) is 3.41. The topological polar surface area (TPSA) is 44.4 Å². The van der Waals surface area contributed by atoms with Crippen LogP contribution in [0.2, 0.25) is 0 Å². The maximum Gasteiger partial charge on any atom is 0.256 e. The minimum absolute atomic E-state index is 0.140. The average Bonchev–Trinajstić information content (AvgIpc) is 2.48. The van der Waals surface area contributed by atoms with Gasteiger partial charge < -0.3 is 15.5 Å². The van der Waals surface area contributed by atoms with Gasteiger partial charge in [-0.25, -0.2) is 0 Å². The van der Waals surface area contributed by atoms with Gasteiger partial charge in [0.1, 0.15) is 0 Å². The molecular formula is C15H23N3O. The molecular weight excluding hydrogens is 238 g/mol. The van der Waals surface area contributed by atoms with Crippen LogP contribution in [0.25, 0.3) is 0 Å². The summed E-state index contributed by atoms with van der Waals surface area (Å²) < 4.78 is 0. The van der Waals surface area contributed by atoms with Crippen molar-refractivity contribution in [1.82, 2.24) is 10.2 Å². The number of rotatable bonds is 5. The Hall–Kier alpha value is -1.55. The molecule has 1 heterocycles. The van der Waals surface area contributed by atoms with Gasteiger partial charge >= 0.3 is 0 Å². The molecule has 1 amide bonds. The number of piperazine rings is 1. The van der Waals surface area contributed by atoms with E-state index in [9.17, 15) is 4.79 Å². The molecule has 0 radical (unpaired) electrons. The summed E-state index contributed by atoms with van der Waals surface area (Å²) in [5, 5.41) is 6.64. The molecule has 1 aliphatic heterocycles. The van der Waals surface area contributed by atoms with Gasteiger partial charge in [-0.2, -0.15) is 0 Å². The maximum atomic E-state index is 12.5. The molecule has 104 valence electrons. The highest BCUT2D eigenvalue weighted by Crippen LogP contribution is 2.17. The number of carbonyl (C=O) groups excluding carboxylic acids is 1. The van der Waals surface area contributed by atoms with Crippen LogP contribution >= 0.6 is 0 Å². The first kappa shape index (κ1) is 13.9. The van der Waals surface area contributed by atoms with E-state index in [2.05, 4.69) is 17.6 Å². The van der Waals surface area contributed by atoms with E-state index in [0.717, 1.165) is 56.8 Å². The lowest BCUT2D eigenvalue weighted by atomic mass is 10.1. The van der Waals surface area contributed by atoms with Crippen molar-refractivity contribution >= 4 is 11.6 Å². The van der Waals surface area contributed by atoms with Gasteiger partial charge in [0.2, 0.25) is 0 Å². The molecule has 19 heavy (non-hydrogen) atoms. The van der Waals surface area contributed by atoms with Crippen LogP contribution in [-0.4, -0.2) is 43.5 Å². The van der Waals surface area contributed by atoms with Gasteiger partial charge in [-0.1, -0.05) is 25.5 Å². The molecule has 0 aromatic heterocycles. The van der Waals surface area contributed by atoms with Gasteiger partial charge in [0, 0.05) is 38.4 Å². The Morgan fingerprint density at radius 1 is 1.32 bits per heavy atom. The number of nitrogens with zero attached hydrogens (tertiary/aromatic N) is 1. The van der Waals surface area contributed by atoms with Crippen molar-refractivity contribution in [2.24, 2.45) is 0 Å². The third kappa shape index (κ3) is 3.70. The number of unbranched alkanes of at least 4 members (excludes halogenated alkanes) is 1. The van der Waals surface area contributed by atoms with Crippen LogP contribution in [0.1, 0.15) is 30.1 Å². The SMILES string of the molecule is CCCCNc1ccccc1C(=O)N1CCNCC1. The minimum Gasteiger partial charge on any atom is -0.384 e. The Labute approximate surface area is 115 Å². The normalized spacial score (nSPS) is 15.3. The summed E-state index contributed by atoms with van der Waals surface area (Å²) in [7, 11) is 0. The van der Waals surface area contributed by atoms with Crippen molar-refractivity contribution < 1.29 is 4.79 Å². The molecule has 0 bridgehead atoms. The fraction of sp³-hybridized carbons (Fsp3) is 0.533. The van der Waals surface area contributed by atoms with Crippen LogP contribution < -0.4 is 10.6 Å². The Kier molecular flexibility index (Phi) is 5.21. The first-order chi connectivity index (χ1) is 9.33. The van der Waals surface area contributed by atoms with Crippen LogP contribution in [0.15, 0.2) is 24.3 Å². The van der Waals surface area contributed by atoms with Crippen molar-refractivity contribution in [3.05, 3.63) is 29.8 Å². The molecule has 0 aliphatic carbocycles. The molecule has 1 saturated heterocycles. The summed E-state index contributed by atoms with van der Waals surface area (Å²) in [5.74, 6) is 0.140. The van der Waals surface area contributed by atoms with Gasteiger partial charge in [-0.15, -0.1) is 0 Å². The van der Waals surface area contributed by atoms with Gasteiger partial charge in [-0.05, 0) is 18.6 Å². The third-order valence-corrected chi connectivity index (χ3v) is 3.41. The standard InChI is InChI=1S/C15H23N3O/c1-2-3-8-17-14-7-5-4-6-13(14)15(19)18-11-9-16-10-12-18/h4-7,16-17H,2-3,8-12H2,1H3. The average molecular weight is 261 g/mol. The second-order valence-corrected chi connectivity index (χ2v) is 4.87. The first-order valence-electron chi connectivity index (χ1n) is 7.16. The number of anilines is 1. The molecule has 1 aromatic carbocycles. The zero-order valence-corrected chi connectivity index (χ0v) is 11.6. The van der Waals surface area contributed by atoms with Crippen LogP contribution in [0.4, 0.5) is 5.69 Å². The minimum atomic E-state index is 0.140. The van der Waals surface area contributed by atoms with Crippen LogP contribution in [0.3, 0.4) is 0 Å². The van der Waals surface area contributed by atoms with Crippen LogP contribution in [0.5, 0.6) is 0 Å². The number of para-hydroxylation sites is 1. The molecule has 4 nitrogen and oxygen atoms in total. The summed E-state index contributed by atoms with van der Waals surface area (Å²) >= 11 is 0. The Bertz CT molecular complexity index is 414. The lowest BCUT2D eigenvalue weighted by molar-refractivity contribution is 0.0737. The van der Waals surface area contributed by atoms with Crippen LogP contribution in [-0.2, 0) is 0 Å².